The predicted molar refractivity (Wildman–Crippen MR) is 125 cm³/mol. The van der Waals surface area contributed by atoms with Crippen molar-refractivity contribution in [2.24, 2.45) is 0 Å². The second kappa shape index (κ2) is 8.54. The summed E-state index contributed by atoms with van der Waals surface area (Å²) in [5.41, 5.74) is 4.76. The largest absolute Gasteiger partial charge is 0.353 e. The first kappa shape index (κ1) is 19.8. The standard InChI is InChI=1S/C25H29ClN4/c1-18-6-4-8-19-14-21(16-27-15-20-7-2-3-10-23(20)26)25(28-24(18)19)30-13-12-29-11-5-9-22(29)17-30/h2-4,6-8,10,14,22,27H,5,9,11-13,15-17H2,1H3/t22-/m0/s1. The van der Waals surface area contributed by atoms with Crippen LogP contribution < -0.4 is 10.2 Å². The molecule has 0 bridgehead atoms. The summed E-state index contributed by atoms with van der Waals surface area (Å²) >= 11 is 6.34. The fourth-order valence-corrected chi connectivity index (χ4v) is 5.14. The number of para-hydroxylation sites is 1. The lowest BCUT2D eigenvalue weighted by Gasteiger charge is -2.39. The minimum Gasteiger partial charge on any atom is -0.353 e. The molecule has 1 aromatic heterocycles. The Bertz CT molecular complexity index is 1050. The van der Waals surface area contributed by atoms with Crippen LogP contribution in [0.1, 0.15) is 29.5 Å². The predicted octanol–water partition coefficient (Wildman–Crippen LogP) is 4.77. The molecule has 30 heavy (non-hydrogen) atoms. The maximum absolute atomic E-state index is 6.34. The van der Waals surface area contributed by atoms with Crippen LogP contribution >= 0.6 is 11.6 Å². The third-order valence-electron chi connectivity index (χ3n) is 6.58. The SMILES string of the molecule is Cc1cccc2cc(CNCc3ccccc3Cl)c(N3CCN4CCC[C@H]4C3)nc12. The quantitative estimate of drug-likeness (QED) is 0.644. The van der Waals surface area contributed by atoms with Gasteiger partial charge >= 0.3 is 0 Å². The Morgan fingerprint density at radius 3 is 2.80 bits per heavy atom. The van der Waals surface area contributed by atoms with Crippen molar-refractivity contribution in [1.82, 2.24) is 15.2 Å². The highest BCUT2D eigenvalue weighted by Gasteiger charge is 2.31. The van der Waals surface area contributed by atoms with Gasteiger partial charge in [-0.15, -0.1) is 0 Å². The van der Waals surface area contributed by atoms with Crippen LogP contribution in [0, 0.1) is 6.92 Å². The van der Waals surface area contributed by atoms with Gasteiger partial charge in [0.25, 0.3) is 0 Å². The Balaban J connectivity index is 1.43. The van der Waals surface area contributed by atoms with E-state index < -0.39 is 0 Å². The molecule has 5 heteroatoms. The molecule has 0 unspecified atom stereocenters. The normalized spacial score (nSPS) is 19.4. The number of nitrogens with zero attached hydrogens (tertiary/aromatic N) is 3. The molecule has 3 aromatic rings. The van der Waals surface area contributed by atoms with Gasteiger partial charge in [0.15, 0.2) is 0 Å². The number of aryl methyl sites for hydroxylation is 1. The Labute approximate surface area is 183 Å². The molecule has 0 saturated carbocycles. The molecule has 2 aromatic carbocycles. The summed E-state index contributed by atoms with van der Waals surface area (Å²) in [6.45, 7) is 8.23. The molecule has 2 fully saturated rings. The van der Waals surface area contributed by atoms with Gasteiger partial charge in [-0.05, 0) is 49.6 Å². The van der Waals surface area contributed by atoms with Crippen LogP contribution in [-0.2, 0) is 13.1 Å². The minimum absolute atomic E-state index is 0.678. The minimum atomic E-state index is 0.678. The van der Waals surface area contributed by atoms with Gasteiger partial charge in [0.2, 0.25) is 0 Å². The van der Waals surface area contributed by atoms with Gasteiger partial charge in [0, 0.05) is 54.7 Å². The second-order valence-electron chi connectivity index (χ2n) is 8.59. The number of hydrogen-bond donors (Lipinski definition) is 1. The number of rotatable bonds is 5. The van der Waals surface area contributed by atoms with E-state index in [1.807, 2.05) is 18.2 Å². The Morgan fingerprint density at radius 1 is 1.03 bits per heavy atom. The summed E-state index contributed by atoms with van der Waals surface area (Å²) in [6.07, 6.45) is 2.64. The zero-order valence-corrected chi connectivity index (χ0v) is 18.3. The van der Waals surface area contributed by atoms with Crippen LogP contribution in [0.2, 0.25) is 5.02 Å². The molecule has 1 N–H and O–H groups in total. The van der Waals surface area contributed by atoms with Gasteiger partial charge in [-0.1, -0.05) is 48.0 Å². The van der Waals surface area contributed by atoms with Gasteiger partial charge in [0.1, 0.15) is 5.82 Å². The van der Waals surface area contributed by atoms with Crippen LogP contribution in [-0.4, -0.2) is 42.1 Å². The number of benzene rings is 2. The number of hydrogen-bond acceptors (Lipinski definition) is 4. The van der Waals surface area contributed by atoms with Crippen molar-refractivity contribution in [3.05, 3.63) is 70.2 Å². The van der Waals surface area contributed by atoms with Crippen molar-refractivity contribution in [1.29, 1.82) is 0 Å². The maximum atomic E-state index is 6.34. The van der Waals surface area contributed by atoms with Crippen molar-refractivity contribution in [3.63, 3.8) is 0 Å². The first-order valence-electron chi connectivity index (χ1n) is 11.0. The van der Waals surface area contributed by atoms with Crippen LogP contribution in [0.3, 0.4) is 0 Å². The second-order valence-corrected chi connectivity index (χ2v) is 9.00. The van der Waals surface area contributed by atoms with E-state index in [0.29, 0.717) is 6.04 Å². The summed E-state index contributed by atoms with van der Waals surface area (Å²) in [5, 5.41) is 5.63. The third kappa shape index (κ3) is 3.92. The smallest absolute Gasteiger partial charge is 0.133 e. The number of nitrogens with one attached hydrogen (secondary N) is 1. The van der Waals surface area contributed by atoms with Crippen LogP contribution in [0.5, 0.6) is 0 Å². The van der Waals surface area contributed by atoms with Crippen molar-refractivity contribution < 1.29 is 0 Å². The molecule has 0 amide bonds. The Hall–Kier alpha value is -2.14. The lowest BCUT2D eigenvalue weighted by atomic mass is 10.1. The molecule has 3 heterocycles. The summed E-state index contributed by atoms with van der Waals surface area (Å²) in [6, 6.07) is 17.5. The van der Waals surface area contributed by atoms with E-state index in [2.05, 4.69) is 52.4 Å². The average molecular weight is 421 g/mol. The summed E-state index contributed by atoms with van der Waals surface area (Å²) < 4.78 is 0. The van der Waals surface area contributed by atoms with Gasteiger partial charge in [-0.25, -0.2) is 4.98 Å². The molecule has 5 rings (SSSR count). The molecule has 2 aliphatic rings. The molecule has 4 nitrogen and oxygen atoms in total. The number of pyridine rings is 1. The van der Waals surface area contributed by atoms with E-state index in [1.54, 1.807) is 0 Å². The fraction of sp³-hybridized carbons (Fsp3) is 0.400. The van der Waals surface area contributed by atoms with E-state index in [9.17, 15) is 0 Å². The highest BCUT2D eigenvalue weighted by atomic mass is 35.5. The zero-order valence-electron chi connectivity index (χ0n) is 17.6. The van der Waals surface area contributed by atoms with Gasteiger partial charge in [-0.3, -0.25) is 4.90 Å². The number of aromatic nitrogens is 1. The number of piperazine rings is 1. The molecule has 0 spiro atoms. The summed E-state index contributed by atoms with van der Waals surface area (Å²) in [5.74, 6) is 1.15. The molecule has 0 aliphatic carbocycles. The van der Waals surface area contributed by atoms with Crippen LogP contribution in [0.15, 0.2) is 48.5 Å². The van der Waals surface area contributed by atoms with Crippen molar-refractivity contribution >= 4 is 28.3 Å². The monoisotopic (exact) mass is 420 g/mol. The Morgan fingerprint density at radius 2 is 1.90 bits per heavy atom. The summed E-state index contributed by atoms with van der Waals surface area (Å²) in [4.78, 5) is 10.4. The van der Waals surface area contributed by atoms with Crippen molar-refractivity contribution in [2.45, 2.75) is 38.9 Å². The molecular formula is C25H29ClN4. The average Bonchev–Trinajstić information content (AvgIpc) is 3.23. The van der Waals surface area contributed by atoms with E-state index in [-0.39, 0.29) is 0 Å². The molecule has 2 saturated heterocycles. The van der Waals surface area contributed by atoms with Gasteiger partial charge < -0.3 is 10.2 Å². The van der Waals surface area contributed by atoms with Crippen molar-refractivity contribution in [2.75, 3.05) is 31.1 Å². The number of fused-ring (bicyclic) bond motifs is 2. The molecule has 1 atom stereocenters. The molecule has 2 aliphatic heterocycles. The van der Waals surface area contributed by atoms with E-state index >= 15 is 0 Å². The van der Waals surface area contributed by atoms with Crippen LogP contribution in [0.4, 0.5) is 5.82 Å². The maximum Gasteiger partial charge on any atom is 0.133 e. The highest BCUT2D eigenvalue weighted by molar-refractivity contribution is 6.31. The molecule has 156 valence electrons. The number of anilines is 1. The molecular weight excluding hydrogens is 392 g/mol. The number of halogens is 1. The fourth-order valence-electron chi connectivity index (χ4n) is 4.94. The third-order valence-corrected chi connectivity index (χ3v) is 6.95. The van der Waals surface area contributed by atoms with Crippen molar-refractivity contribution in [3.8, 4) is 0 Å². The van der Waals surface area contributed by atoms with Gasteiger partial charge in [0.05, 0.1) is 5.52 Å². The van der Waals surface area contributed by atoms with E-state index in [0.717, 1.165) is 54.6 Å². The first-order chi connectivity index (χ1) is 14.7. The zero-order chi connectivity index (χ0) is 20.5. The Kier molecular flexibility index (Phi) is 5.64. The van der Waals surface area contributed by atoms with Gasteiger partial charge in [-0.2, -0.15) is 0 Å². The van der Waals surface area contributed by atoms with E-state index in [4.69, 9.17) is 16.6 Å². The first-order valence-corrected chi connectivity index (χ1v) is 11.4. The molecule has 0 radical (unpaired) electrons. The topological polar surface area (TPSA) is 31.4 Å². The lowest BCUT2D eigenvalue weighted by molar-refractivity contribution is 0.230. The lowest BCUT2D eigenvalue weighted by Crippen LogP contribution is -2.50. The highest BCUT2D eigenvalue weighted by Crippen LogP contribution is 2.30. The summed E-state index contributed by atoms with van der Waals surface area (Å²) in [7, 11) is 0. The van der Waals surface area contributed by atoms with E-state index in [1.165, 1.54) is 35.9 Å². The van der Waals surface area contributed by atoms with Crippen LogP contribution in [0.25, 0.3) is 10.9 Å².